The van der Waals surface area contributed by atoms with Crippen molar-refractivity contribution >= 4 is 51.6 Å². The topological polar surface area (TPSA) is 84.5 Å². The molecule has 0 bridgehead atoms. The lowest BCUT2D eigenvalue weighted by atomic mass is 9.95. The van der Waals surface area contributed by atoms with Gasteiger partial charge in [0.2, 0.25) is 11.8 Å². The highest BCUT2D eigenvalue weighted by Crippen LogP contribution is 2.38. The van der Waals surface area contributed by atoms with Gasteiger partial charge in [-0.15, -0.1) is 23.1 Å². The Balaban J connectivity index is 1.64. The first-order valence-corrected chi connectivity index (χ1v) is 12.5. The number of thiophene rings is 1. The van der Waals surface area contributed by atoms with Crippen LogP contribution in [0.1, 0.15) is 60.3 Å². The lowest BCUT2D eigenvalue weighted by Crippen LogP contribution is -2.17. The molecule has 0 saturated heterocycles. The third-order valence-electron chi connectivity index (χ3n) is 4.87. The molecule has 1 heterocycles. The predicted octanol–water partition coefficient (Wildman–Crippen LogP) is 5.27. The van der Waals surface area contributed by atoms with Crippen LogP contribution in [0.4, 0.5) is 10.7 Å². The standard InChI is InChI=1S/C23H28N2O4S2/c1-3-8-19(26)24-15-9-7-10-16(13-15)30-14-20(27)25-22-21(23(28)29-4-2)17-11-5-6-12-18(17)31-22/h7,9-10,13H,3-6,8,11-12,14H2,1-2H3,(H,24,26)(H,25,27). The summed E-state index contributed by atoms with van der Waals surface area (Å²) in [7, 11) is 0. The number of benzene rings is 1. The van der Waals surface area contributed by atoms with E-state index in [4.69, 9.17) is 4.74 Å². The molecule has 0 spiro atoms. The molecule has 2 aromatic rings. The average Bonchev–Trinajstić information content (AvgIpc) is 3.10. The molecule has 6 nitrogen and oxygen atoms in total. The number of carbonyl (C=O) groups is 3. The van der Waals surface area contributed by atoms with Crippen molar-refractivity contribution in [3.8, 4) is 0 Å². The summed E-state index contributed by atoms with van der Waals surface area (Å²) >= 11 is 2.88. The van der Waals surface area contributed by atoms with Crippen LogP contribution >= 0.6 is 23.1 Å². The van der Waals surface area contributed by atoms with E-state index in [-0.39, 0.29) is 23.5 Å². The van der Waals surface area contributed by atoms with Crippen LogP contribution in [0.5, 0.6) is 0 Å². The molecule has 3 rings (SSSR count). The van der Waals surface area contributed by atoms with E-state index in [0.717, 1.165) is 48.3 Å². The van der Waals surface area contributed by atoms with Gasteiger partial charge in [-0.25, -0.2) is 4.79 Å². The molecule has 2 amide bonds. The molecule has 0 saturated carbocycles. The molecule has 0 aliphatic heterocycles. The minimum absolute atomic E-state index is 0.0180. The maximum absolute atomic E-state index is 12.6. The zero-order valence-corrected chi connectivity index (χ0v) is 19.5. The summed E-state index contributed by atoms with van der Waals surface area (Å²) in [6, 6.07) is 7.45. The van der Waals surface area contributed by atoms with Crippen LogP contribution in [0, 0.1) is 0 Å². The van der Waals surface area contributed by atoms with Crippen molar-refractivity contribution in [1.29, 1.82) is 0 Å². The summed E-state index contributed by atoms with van der Waals surface area (Å²) in [4.78, 5) is 39.0. The highest BCUT2D eigenvalue weighted by atomic mass is 32.2. The first-order chi connectivity index (χ1) is 15.0. The van der Waals surface area contributed by atoms with Crippen molar-refractivity contribution in [3.05, 3.63) is 40.3 Å². The molecule has 0 unspecified atom stereocenters. The van der Waals surface area contributed by atoms with E-state index in [1.165, 1.54) is 28.0 Å². The first-order valence-electron chi connectivity index (χ1n) is 10.7. The van der Waals surface area contributed by atoms with Crippen molar-refractivity contribution in [2.45, 2.75) is 57.3 Å². The monoisotopic (exact) mass is 460 g/mol. The van der Waals surface area contributed by atoms with Crippen LogP contribution in [-0.4, -0.2) is 30.1 Å². The van der Waals surface area contributed by atoms with E-state index >= 15 is 0 Å². The molecule has 1 aromatic carbocycles. The van der Waals surface area contributed by atoms with E-state index in [1.807, 2.05) is 31.2 Å². The Morgan fingerprint density at radius 3 is 2.68 bits per heavy atom. The number of aryl methyl sites for hydroxylation is 1. The fourth-order valence-electron chi connectivity index (χ4n) is 3.50. The molecule has 8 heteroatoms. The molecule has 0 atom stereocenters. The number of ether oxygens (including phenoxy) is 1. The second-order valence-corrected chi connectivity index (χ2v) is 9.45. The normalized spacial score (nSPS) is 12.7. The number of thioether (sulfide) groups is 1. The molecular weight excluding hydrogens is 432 g/mol. The smallest absolute Gasteiger partial charge is 0.341 e. The van der Waals surface area contributed by atoms with Crippen LogP contribution in [0.3, 0.4) is 0 Å². The average molecular weight is 461 g/mol. The minimum atomic E-state index is -0.361. The second-order valence-electron chi connectivity index (χ2n) is 7.30. The van der Waals surface area contributed by atoms with Gasteiger partial charge < -0.3 is 15.4 Å². The molecule has 0 radical (unpaired) electrons. The van der Waals surface area contributed by atoms with Gasteiger partial charge in [0.25, 0.3) is 0 Å². The molecule has 2 N–H and O–H groups in total. The van der Waals surface area contributed by atoms with Gasteiger partial charge in [-0.2, -0.15) is 0 Å². The van der Waals surface area contributed by atoms with E-state index in [9.17, 15) is 14.4 Å². The second kappa shape index (κ2) is 11.3. The largest absolute Gasteiger partial charge is 0.462 e. The number of rotatable bonds is 9. The summed E-state index contributed by atoms with van der Waals surface area (Å²) in [5, 5.41) is 6.39. The fourth-order valence-corrected chi connectivity index (χ4v) is 5.55. The number of carbonyl (C=O) groups excluding carboxylic acids is 3. The Morgan fingerprint density at radius 2 is 1.90 bits per heavy atom. The van der Waals surface area contributed by atoms with E-state index < -0.39 is 0 Å². The van der Waals surface area contributed by atoms with Crippen molar-refractivity contribution in [3.63, 3.8) is 0 Å². The zero-order chi connectivity index (χ0) is 22.2. The van der Waals surface area contributed by atoms with Crippen LogP contribution < -0.4 is 10.6 Å². The first kappa shape index (κ1) is 23.3. The Hall–Kier alpha value is -2.32. The summed E-state index contributed by atoms with van der Waals surface area (Å²) in [6.07, 6.45) is 5.21. The Bertz CT molecular complexity index is 955. The molecule has 1 aliphatic carbocycles. The summed E-state index contributed by atoms with van der Waals surface area (Å²) in [6.45, 7) is 4.05. The summed E-state index contributed by atoms with van der Waals surface area (Å²) < 4.78 is 5.24. The number of hydrogen-bond donors (Lipinski definition) is 2. The number of fused-ring (bicyclic) bond motifs is 1. The number of esters is 1. The van der Waals surface area contributed by atoms with Gasteiger partial charge in [0.05, 0.1) is 17.9 Å². The Labute approximate surface area is 191 Å². The molecular formula is C23H28N2O4S2. The molecule has 0 fully saturated rings. The van der Waals surface area contributed by atoms with Gasteiger partial charge in [-0.05, 0) is 62.8 Å². The zero-order valence-electron chi connectivity index (χ0n) is 17.9. The molecule has 1 aromatic heterocycles. The fraction of sp³-hybridized carbons (Fsp3) is 0.435. The quantitative estimate of drug-likeness (QED) is 0.393. The highest BCUT2D eigenvalue weighted by molar-refractivity contribution is 8.00. The van der Waals surface area contributed by atoms with Crippen LogP contribution in [0.2, 0.25) is 0 Å². The molecule has 166 valence electrons. The number of hydrogen-bond acceptors (Lipinski definition) is 6. The van der Waals surface area contributed by atoms with Gasteiger partial charge in [0, 0.05) is 21.9 Å². The van der Waals surface area contributed by atoms with Crippen LogP contribution in [-0.2, 0) is 27.2 Å². The van der Waals surface area contributed by atoms with Crippen molar-refractivity contribution in [2.75, 3.05) is 23.0 Å². The van der Waals surface area contributed by atoms with Gasteiger partial charge >= 0.3 is 5.97 Å². The van der Waals surface area contributed by atoms with E-state index in [0.29, 0.717) is 23.6 Å². The van der Waals surface area contributed by atoms with Crippen LogP contribution in [0.25, 0.3) is 0 Å². The summed E-state index contributed by atoms with van der Waals surface area (Å²) in [5.74, 6) is -0.345. The van der Waals surface area contributed by atoms with Crippen molar-refractivity contribution in [2.24, 2.45) is 0 Å². The van der Waals surface area contributed by atoms with Gasteiger partial charge in [0.15, 0.2) is 0 Å². The van der Waals surface area contributed by atoms with E-state index in [2.05, 4.69) is 10.6 Å². The van der Waals surface area contributed by atoms with E-state index in [1.54, 1.807) is 6.92 Å². The third kappa shape index (κ3) is 6.33. The third-order valence-corrected chi connectivity index (χ3v) is 7.07. The van der Waals surface area contributed by atoms with Gasteiger partial charge in [0.1, 0.15) is 5.00 Å². The number of anilines is 2. The van der Waals surface area contributed by atoms with Crippen LogP contribution in [0.15, 0.2) is 29.2 Å². The lowest BCUT2D eigenvalue weighted by molar-refractivity contribution is -0.116. The summed E-state index contributed by atoms with van der Waals surface area (Å²) in [5.41, 5.74) is 2.29. The van der Waals surface area contributed by atoms with Crippen molar-refractivity contribution in [1.82, 2.24) is 0 Å². The lowest BCUT2D eigenvalue weighted by Gasteiger charge is -2.12. The SMILES string of the molecule is CCCC(=O)Nc1cccc(SCC(=O)Nc2sc3c(c2C(=O)OCC)CCCC3)c1. The minimum Gasteiger partial charge on any atom is -0.462 e. The number of amides is 2. The Morgan fingerprint density at radius 1 is 1.10 bits per heavy atom. The predicted molar refractivity (Wildman–Crippen MR) is 126 cm³/mol. The highest BCUT2D eigenvalue weighted by Gasteiger charge is 2.27. The maximum atomic E-state index is 12.6. The maximum Gasteiger partial charge on any atom is 0.341 e. The molecule has 1 aliphatic rings. The van der Waals surface area contributed by atoms with Crippen molar-refractivity contribution < 1.29 is 19.1 Å². The van der Waals surface area contributed by atoms with Gasteiger partial charge in [-0.1, -0.05) is 13.0 Å². The molecule has 31 heavy (non-hydrogen) atoms. The number of nitrogens with one attached hydrogen (secondary N) is 2. The Kier molecular flexibility index (Phi) is 8.54. The van der Waals surface area contributed by atoms with Gasteiger partial charge in [-0.3, -0.25) is 9.59 Å².